The van der Waals surface area contributed by atoms with Gasteiger partial charge in [0.25, 0.3) is 5.91 Å². The van der Waals surface area contributed by atoms with Gasteiger partial charge in [-0.15, -0.1) is 10.1 Å². The Morgan fingerprint density at radius 3 is 2.26 bits per heavy atom. The molecule has 0 spiro atoms. The molecule has 0 saturated carbocycles. The van der Waals surface area contributed by atoms with Crippen LogP contribution in [0.3, 0.4) is 0 Å². The summed E-state index contributed by atoms with van der Waals surface area (Å²) in [5.74, 6) is 0.825. The number of amides is 2. The van der Waals surface area contributed by atoms with Crippen LogP contribution in [-0.4, -0.2) is 42.5 Å². The van der Waals surface area contributed by atoms with E-state index in [1.54, 1.807) is 36.1 Å². The molecule has 0 radical (unpaired) electrons. The number of nitrogens with one attached hydrogen (secondary N) is 2. The van der Waals surface area contributed by atoms with E-state index in [1.807, 2.05) is 68.6 Å². The molecule has 2 amide bonds. The molecule has 3 aromatic rings. The smallest absolute Gasteiger partial charge is 0.304 e. The second kappa shape index (κ2) is 10.2. The topological polar surface area (TPSA) is 79.7 Å². The number of carbonyl (C=O) groups excluding carboxylic acids is 2. The first kappa shape index (κ1) is 23.0. The maximum absolute atomic E-state index is 13.0. The molecule has 4 rings (SSSR count). The van der Waals surface area contributed by atoms with Gasteiger partial charge in [-0.2, -0.15) is 0 Å². The molecule has 0 aromatic heterocycles. The van der Waals surface area contributed by atoms with Crippen molar-refractivity contribution >= 4 is 18.0 Å². The maximum Gasteiger partial charge on any atom is 0.304 e. The van der Waals surface area contributed by atoms with Crippen molar-refractivity contribution in [2.24, 2.45) is 0 Å². The quantitative estimate of drug-likeness (QED) is 0.532. The van der Waals surface area contributed by atoms with Crippen LogP contribution in [0.1, 0.15) is 40.0 Å². The summed E-state index contributed by atoms with van der Waals surface area (Å²) in [6.45, 7) is 4.54. The largest absolute Gasteiger partial charge is 0.497 e. The van der Waals surface area contributed by atoms with Crippen molar-refractivity contribution in [3.63, 3.8) is 0 Å². The van der Waals surface area contributed by atoms with Crippen LogP contribution in [0.2, 0.25) is 0 Å². The van der Waals surface area contributed by atoms with Gasteiger partial charge in [0.05, 0.1) is 13.7 Å². The molecule has 1 aliphatic rings. The molecule has 174 valence electrons. The Labute approximate surface area is 199 Å². The Hall–Kier alpha value is -4.13. The van der Waals surface area contributed by atoms with E-state index in [0.717, 1.165) is 22.4 Å². The van der Waals surface area contributed by atoms with E-state index in [9.17, 15) is 9.59 Å². The Kier molecular flexibility index (Phi) is 6.92. The van der Waals surface area contributed by atoms with Crippen LogP contribution in [-0.2, 0) is 4.79 Å². The van der Waals surface area contributed by atoms with E-state index in [2.05, 4.69) is 10.7 Å². The Balaban J connectivity index is 1.65. The Morgan fingerprint density at radius 2 is 1.65 bits per heavy atom. The summed E-state index contributed by atoms with van der Waals surface area (Å²) in [5.41, 5.74) is 6.27. The molecule has 0 bridgehead atoms. The van der Waals surface area contributed by atoms with E-state index >= 15 is 0 Å². The fourth-order valence-corrected chi connectivity index (χ4v) is 3.89. The average molecular weight is 459 g/mol. The number of hydrogen-bond donors (Lipinski definition) is 2. The summed E-state index contributed by atoms with van der Waals surface area (Å²) in [6, 6.07) is 21.1. The molecule has 2 atom stereocenters. The lowest BCUT2D eigenvalue weighted by Gasteiger charge is -2.15. The van der Waals surface area contributed by atoms with E-state index in [1.165, 1.54) is 0 Å². The molecule has 0 aliphatic carbocycles. The normalized spacial score (nSPS) is 18.4. The van der Waals surface area contributed by atoms with Crippen molar-refractivity contribution in [1.29, 1.82) is 0 Å². The van der Waals surface area contributed by atoms with E-state index < -0.39 is 12.1 Å². The van der Waals surface area contributed by atoms with Gasteiger partial charge in [0.1, 0.15) is 11.5 Å². The lowest BCUT2D eigenvalue weighted by molar-refractivity contribution is -0.596. The number of rotatable bonds is 7. The number of ether oxygens (including phenoxy) is 2. The standard InChI is InChI=1S/C27H27N3O4/c1-4-34-23-13-7-19(8-14-23)17-30-25(20-9-5-18(2)6-10-20)24(27(32)29-30)28-26(31)21-11-15-22(33-3)16-12-21/h5-17,24-25H,4H2,1-3H3,(H-,28,29,31,32)/p+1/b30-17-/t24-,25+/m1/s1. The monoisotopic (exact) mass is 458 g/mol. The minimum atomic E-state index is -0.781. The van der Waals surface area contributed by atoms with Gasteiger partial charge in [0.15, 0.2) is 6.04 Å². The molecule has 2 N–H and O–H groups in total. The zero-order valence-electron chi connectivity index (χ0n) is 19.4. The van der Waals surface area contributed by atoms with Gasteiger partial charge in [-0.05, 0) is 62.4 Å². The zero-order valence-corrected chi connectivity index (χ0v) is 19.4. The third-order valence-electron chi connectivity index (χ3n) is 5.67. The molecule has 1 fully saturated rings. The molecular formula is C27H28N3O4+. The maximum atomic E-state index is 13.0. The number of hydrazone groups is 1. The van der Waals surface area contributed by atoms with Crippen molar-refractivity contribution in [2.45, 2.75) is 25.9 Å². The van der Waals surface area contributed by atoms with Crippen molar-refractivity contribution in [3.05, 3.63) is 95.1 Å². The molecule has 7 nitrogen and oxygen atoms in total. The Morgan fingerprint density at radius 1 is 1.00 bits per heavy atom. The lowest BCUT2D eigenvalue weighted by Crippen LogP contribution is -2.42. The second-order valence-corrected chi connectivity index (χ2v) is 8.05. The molecule has 1 aliphatic heterocycles. The van der Waals surface area contributed by atoms with Gasteiger partial charge in [0, 0.05) is 16.7 Å². The van der Waals surface area contributed by atoms with Crippen molar-refractivity contribution < 1.29 is 23.7 Å². The summed E-state index contributed by atoms with van der Waals surface area (Å²) < 4.78 is 12.4. The SMILES string of the molecule is CCOc1ccc(/C=[N+]2\NC(=O)[C@H](NC(=O)c3ccc(OC)cc3)[C@@H]2c2ccc(C)cc2)cc1. The van der Waals surface area contributed by atoms with Gasteiger partial charge < -0.3 is 14.8 Å². The highest BCUT2D eigenvalue weighted by atomic mass is 16.5. The third kappa shape index (κ3) is 5.09. The molecule has 0 unspecified atom stereocenters. The first-order chi connectivity index (χ1) is 16.5. The van der Waals surface area contributed by atoms with Gasteiger partial charge in [0.2, 0.25) is 12.3 Å². The number of hydrogen-bond acceptors (Lipinski definition) is 4. The molecule has 1 heterocycles. The molecule has 3 aromatic carbocycles. The van der Waals surface area contributed by atoms with Crippen LogP contribution < -0.4 is 20.2 Å². The van der Waals surface area contributed by atoms with E-state index in [4.69, 9.17) is 9.47 Å². The van der Waals surface area contributed by atoms with Crippen molar-refractivity contribution in [2.75, 3.05) is 13.7 Å². The van der Waals surface area contributed by atoms with Gasteiger partial charge >= 0.3 is 5.91 Å². The number of benzene rings is 3. The van der Waals surface area contributed by atoms with E-state index in [0.29, 0.717) is 17.9 Å². The summed E-state index contributed by atoms with van der Waals surface area (Å²) in [4.78, 5) is 26.0. The second-order valence-electron chi connectivity index (χ2n) is 8.05. The fourth-order valence-electron chi connectivity index (χ4n) is 3.89. The highest BCUT2D eigenvalue weighted by Gasteiger charge is 2.47. The Bertz CT molecular complexity index is 1190. The number of nitrogens with zero attached hydrogens (tertiary/aromatic N) is 1. The number of aryl methyl sites for hydroxylation is 1. The minimum Gasteiger partial charge on any atom is -0.497 e. The highest BCUT2D eigenvalue weighted by molar-refractivity contribution is 5.98. The van der Waals surface area contributed by atoms with Crippen LogP contribution >= 0.6 is 0 Å². The summed E-state index contributed by atoms with van der Waals surface area (Å²) >= 11 is 0. The van der Waals surface area contributed by atoms with Crippen LogP contribution in [0.15, 0.2) is 72.8 Å². The van der Waals surface area contributed by atoms with Crippen LogP contribution in [0.5, 0.6) is 11.5 Å². The first-order valence-electron chi connectivity index (χ1n) is 11.2. The third-order valence-corrected chi connectivity index (χ3v) is 5.67. The van der Waals surface area contributed by atoms with Crippen molar-refractivity contribution in [1.82, 2.24) is 10.7 Å². The van der Waals surface area contributed by atoms with Gasteiger partial charge in [-0.3, -0.25) is 9.59 Å². The number of carbonyl (C=O) groups is 2. The number of hydrazine groups is 1. The summed E-state index contributed by atoms with van der Waals surface area (Å²) in [6.07, 6.45) is 1.86. The first-order valence-corrected chi connectivity index (χ1v) is 11.2. The predicted molar refractivity (Wildman–Crippen MR) is 129 cm³/mol. The predicted octanol–water partition coefficient (Wildman–Crippen LogP) is 3.42. The molecule has 1 saturated heterocycles. The van der Waals surface area contributed by atoms with Crippen molar-refractivity contribution in [3.8, 4) is 11.5 Å². The summed E-state index contributed by atoms with van der Waals surface area (Å²) in [5, 5.41) is 2.91. The molecule has 7 heteroatoms. The van der Waals surface area contributed by atoms with E-state index in [-0.39, 0.29) is 11.8 Å². The lowest BCUT2D eigenvalue weighted by atomic mass is 9.98. The molecule has 34 heavy (non-hydrogen) atoms. The van der Waals surface area contributed by atoms with Gasteiger partial charge in [-0.1, -0.05) is 29.8 Å². The highest BCUT2D eigenvalue weighted by Crippen LogP contribution is 2.26. The van der Waals surface area contributed by atoms with Crippen LogP contribution in [0, 0.1) is 6.92 Å². The fraction of sp³-hybridized carbons (Fsp3) is 0.222. The van der Waals surface area contributed by atoms with Gasteiger partial charge in [-0.25, -0.2) is 0 Å². The van der Waals surface area contributed by atoms with Crippen LogP contribution in [0.25, 0.3) is 0 Å². The number of methoxy groups -OCH3 is 1. The average Bonchev–Trinajstić information content (AvgIpc) is 3.15. The minimum absolute atomic E-state index is 0.283. The zero-order chi connectivity index (χ0) is 24.1. The molecular weight excluding hydrogens is 430 g/mol. The van der Waals surface area contributed by atoms with Crippen LogP contribution in [0.4, 0.5) is 0 Å². The summed E-state index contributed by atoms with van der Waals surface area (Å²) in [7, 11) is 1.57.